The maximum absolute atomic E-state index is 10.6. The quantitative estimate of drug-likeness (QED) is 0.316. The molecule has 0 aromatic carbocycles. The van der Waals surface area contributed by atoms with Gasteiger partial charge in [0, 0.05) is 0 Å². The average Bonchev–Trinajstić information content (AvgIpc) is 2.94. The van der Waals surface area contributed by atoms with Crippen LogP contribution in [0.3, 0.4) is 0 Å². The Labute approximate surface area is 108 Å². The predicted molar refractivity (Wildman–Crippen MR) is 62.2 cm³/mol. The molecule has 10 nitrogen and oxygen atoms in total. The molecule has 106 valence electrons. The minimum Gasteiger partial charge on any atom is -0.381 e. The Kier molecular flexibility index (Phi) is 3.97. The van der Waals surface area contributed by atoms with Crippen molar-refractivity contribution >= 4 is 13.7 Å². The van der Waals surface area contributed by atoms with E-state index >= 15 is 0 Å². The molecule has 2 atom stereocenters. The van der Waals surface area contributed by atoms with E-state index in [1.54, 1.807) is 0 Å². The van der Waals surface area contributed by atoms with Crippen LogP contribution in [-0.4, -0.2) is 43.1 Å². The SMILES string of the molecule is N=C(N)c1ncn([C@H]2CCC(COP(=O)(O)O)O2)n1. The summed E-state index contributed by atoms with van der Waals surface area (Å²) in [5, 5.41) is 11.2. The fourth-order valence-electron chi connectivity index (χ4n) is 1.72. The maximum atomic E-state index is 10.6. The zero-order valence-electron chi connectivity index (χ0n) is 9.84. The van der Waals surface area contributed by atoms with E-state index in [-0.39, 0.29) is 18.3 Å². The first-order valence-electron chi connectivity index (χ1n) is 5.46. The molecule has 2 rings (SSSR count). The summed E-state index contributed by atoms with van der Waals surface area (Å²) < 4.78 is 21.9. The molecule has 1 aromatic rings. The van der Waals surface area contributed by atoms with Gasteiger partial charge in [-0.3, -0.25) is 9.93 Å². The van der Waals surface area contributed by atoms with Gasteiger partial charge in [0.05, 0.1) is 12.7 Å². The van der Waals surface area contributed by atoms with Crippen LogP contribution in [0.2, 0.25) is 0 Å². The van der Waals surface area contributed by atoms with Crippen LogP contribution in [0.1, 0.15) is 24.9 Å². The molecule has 0 saturated carbocycles. The fourth-order valence-corrected chi connectivity index (χ4v) is 2.08. The number of nitrogens with one attached hydrogen (secondary N) is 1. The lowest BCUT2D eigenvalue weighted by Gasteiger charge is -2.13. The van der Waals surface area contributed by atoms with Crippen molar-refractivity contribution < 1.29 is 23.6 Å². The predicted octanol–water partition coefficient (Wildman–Crippen LogP) is -0.651. The normalized spacial score (nSPS) is 23.7. The molecule has 1 fully saturated rings. The minimum atomic E-state index is -4.48. The summed E-state index contributed by atoms with van der Waals surface area (Å²) >= 11 is 0. The van der Waals surface area contributed by atoms with E-state index in [4.69, 9.17) is 25.7 Å². The number of hydrogen-bond donors (Lipinski definition) is 4. The van der Waals surface area contributed by atoms with Gasteiger partial charge in [-0.15, -0.1) is 5.10 Å². The van der Waals surface area contributed by atoms with Crippen molar-refractivity contribution in [2.75, 3.05) is 6.61 Å². The van der Waals surface area contributed by atoms with Crippen molar-refractivity contribution in [1.82, 2.24) is 14.8 Å². The van der Waals surface area contributed by atoms with E-state index in [0.717, 1.165) is 0 Å². The van der Waals surface area contributed by atoms with E-state index in [1.807, 2.05) is 0 Å². The van der Waals surface area contributed by atoms with E-state index in [0.29, 0.717) is 12.8 Å². The van der Waals surface area contributed by atoms with Gasteiger partial charge in [0.2, 0.25) is 5.82 Å². The van der Waals surface area contributed by atoms with Crippen LogP contribution in [0.15, 0.2) is 6.33 Å². The minimum absolute atomic E-state index is 0.110. The molecule has 1 aliphatic heterocycles. The highest BCUT2D eigenvalue weighted by Crippen LogP contribution is 2.37. The Bertz CT molecular complexity index is 513. The number of phosphoric acid groups is 1. The second-order valence-electron chi connectivity index (χ2n) is 4.04. The summed E-state index contributed by atoms with van der Waals surface area (Å²) in [6.45, 7) is -0.185. The number of hydrogen-bond acceptors (Lipinski definition) is 6. The third-order valence-electron chi connectivity index (χ3n) is 2.56. The Hall–Kier alpha value is -1.32. The van der Waals surface area contributed by atoms with Crippen LogP contribution in [0, 0.1) is 5.41 Å². The Morgan fingerprint density at radius 3 is 3.00 bits per heavy atom. The Morgan fingerprint density at radius 1 is 1.68 bits per heavy atom. The average molecular weight is 291 g/mol. The molecule has 11 heteroatoms. The van der Waals surface area contributed by atoms with Crippen LogP contribution < -0.4 is 5.73 Å². The van der Waals surface area contributed by atoms with Crippen LogP contribution in [-0.2, 0) is 13.8 Å². The molecule has 1 aliphatic rings. The molecule has 1 unspecified atom stereocenters. The number of phosphoric ester groups is 1. The molecule has 2 heterocycles. The summed E-state index contributed by atoms with van der Waals surface area (Å²) in [4.78, 5) is 21.0. The van der Waals surface area contributed by atoms with E-state index < -0.39 is 20.2 Å². The van der Waals surface area contributed by atoms with Gasteiger partial charge in [-0.1, -0.05) is 0 Å². The van der Waals surface area contributed by atoms with Crippen LogP contribution in [0.4, 0.5) is 0 Å². The standard InChI is InChI=1S/C8H14N5O5P/c9-7(10)8-11-4-13(12-8)6-2-1-5(18-6)3-17-19(14,15)16/h4-6H,1-3H2,(H3,9,10)(H2,14,15,16)/t5?,6-/m1/s1. The lowest BCUT2D eigenvalue weighted by atomic mass is 10.2. The number of nitrogens with two attached hydrogens (primary N) is 1. The zero-order chi connectivity index (χ0) is 14.0. The van der Waals surface area contributed by atoms with Crippen LogP contribution in [0.5, 0.6) is 0 Å². The van der Waals surface area contributed by atoms with Gasteiger partial charge >= 0.3 is 7.82 Å². The smallest absolute Gasteiger partial charge is 0.381 e. The van der Waals surface area contributed by atoms with Gasteiger partial charge in [-0.2, -0.15) is 0 Å². The Balaban J connectivity index is 1.90. The van der Waals surface area contributed by atoms with Gasteiger partial charge < -0.3 is 20.3 Å². The molecule has 1 aromatic heterocycles. The second kappa shape index (κ2) is 5.35. The number of ether oxygens (including phenoxy) is 1. The first-order chi connectivity index (χ1) is 8.85. The topological polar surface area (TPSA) is 157 Å². The highest BCUT2D eigenvalue weighted by Gasteiger charge is 2.29. The van der Waals surface area contributed by atoms with E-state index in [1.165, 1.54) is 11.0 Å². The van der Waals surface area contributed by atoms with Gasteiger partial charge in [-0.05, 0) is 12.8 Å². The molecule has 19 heavy (non-hydrogen) atoms. The molecule has 0 spiro atoms. The lowest BCUT2D eigenvalue weighted by molar-refractivity contribution is -0.0280. The van der Waals surface area contributed by atoms with Gasteiger partial charge in [0.15, 0.2) is 12.1 Å². The first-order valence-corrected chi connectivity index (χ1v) is 6.99. The third-order valence-corrected chi connectivity index (χ3v) is 3.04. The number of rotatable bonds is 5. The van der Waals surface area contributed by atoms with Crippen molar-refractivity contribution in [3.8, 4) is 0 Å². The van der Waals surface area contributed by atoms with Crippen LogP contribution >= 0.6 is 7.82 Å². The molecule has 1 saturated heterocycles. The van der Waals surface area contributed by atoms with Crippen molar-refractivity contribution in [2.24, 2.45) is 5.73 Å². The molecule has 5 N–H and O–H groups in total. The molecule has 0 aliphatic carbocycles. The summed E-state index contributed by atoms with van der Waals surface area (Å²) in [5.74, 6) is -0.128. The zero-order valence-corrected chi connectivity index (χ0v) is 10.7. The third kappa shape index (κ3) is 3.82. The fraction of sp³-hybridized carbons (Fsp3) is 0.625. The maximum Gasteiger partial charge on any atom is 0.469 e. The lowest BCUT2D eigenvalue weighted by Crippen LogP contribution is -2.17. The number of nitrogen functional groups attached to an aromatic ring is 1. The van der Waals surface area contributed by atoms with E-state index in [2.05, 4.69) is 14.6 Å². The highest BCUT2D eigenvalue weighted by atomic mass is 31.2. The summed E-state index contributed by atoms with van der Waals surface area (Å²) in [7, 11) is -4.48. The summed E-state index contributed by atoms with van der Waals surface area (Å²) in [5.41, 5.74) is 5.25. The summed E-state index contributed by atoms with van der Waals surface area (Å²) in [6.07, 6.45) is 1.78. The van der Waals surface area contributed by atoms with Crippen molar-refractivity contribution in [2.45, 2.75) is 25.2 Å². The van der Waals surface area contributed by atoms with Gasteiger partial charge in [0.25, 0.3) is 0 Å². The van der Waals surface area contributed by atoms with E-state index in [9.17, 15) is 4.57 Å². The van der Waals surface area contributed by atoms with Crippen molar-refractivity contribution in [3.05, 3.63) is 12.2 Å². The number of aromatic nitrogens is 3. The Morgan fingerprint density at radius 2 is 2.42 bits per heavy atom. The largest absolute Gasteiger partial charge is 0.469 e. The molecule has 0 radical (unpaired) electrons. The van der Waals surface area contributed by atoms with Crippen LogP contribution in [0.25, 0.3) is 0 Å². The first kappa shape index (κ1) is 14.1. The highest BCUT2D eigenvalue weighted by molar-refractivity contribution is 7.46. The number of amidine groups is 1. The van der Waals surface area contributed by atoms with Crippen molar-refractivity contribution in [1.29, 1.82) is 5.41 Å². The number of nitrogens with zero attached hydrogens (tertiary/aromatic N) is 3. The monoisotopic (exact) mass is 291 g/mol. The summed E-state index contributed by atoms with van der Waals surface area (Å²) in [6, 6.07) is 0. The molecule has 0 bridgehead atoms. The van der Waals surface area contributed by atoms with Gasteiger partial charge in [0.1, 0.15) is 6.33 Å². The molecular formula is C8H14N5O5P. The van der Waals surface area contributed by atoms with Gasteiger partial charge in [-0.25, -0.2) is 14.2 Å². The second-order valence-corrected chi connectivity index (χ2v) is 5.28. The molecular weight excluding hydrogens is 277 g/mol. The molecule has 0 amide bonds. The van der Waals surface area contributed by atoms with Crippen molar-refractivity contribution in [3.63, 3.8) is 0 Å².